The van der Waals surface area contributed by atoms with Crippen LogP contribution in [0.5, 0.6) is 0 Å². The standard InChI is InChI=1S/C29H34F2N6O/c1-28(2)6-11-34(12-7-28)17-21-3-4-26-33-22(20-37(26)18-21)19-36-10-5-23-24(27(36)38)15-32-16-25(23)35-13-8-29(30,31)9-14-35/h3-5,10,15-16,18,20H,6-9,11-14,17,19H2,1-2H3. The fraction of sp³-hybridized carbons (Fsp3) is 0.483. The van der Waals surface area contributed by atoms with Gasteiger partial charge in [0.2, 0.25) is 0 Å². The molecule has 6 rings (SSSR count). The summed E-state index contributed by atoms with van der Waals surface area (Å²) in [6, 6.07) is 6.06. The molecule has 0 spiro atoms. The van der Waals surface area contributed by atoms with Crippen LogP contribution in [0.2, 0.25) is 0 Å². The number of hydrogen-bond acceptors (Lipinski definition) is 5. The summed E-state index contributed by atoms with van der Waals surface area (Å²) in [6.45, 7) is 8.68. The fourth-order valence-electron chi connectivity index (χ4n) is 5.65. The van der Waals surface area contributed by atoms with Crippen molar-refractivity contribution in [2.75, 3.05) is 31.1 Å². The monoisotopic (exact) mass is 520 g/mol. The normalized spacial score (nSPS) is 19.8. The third-order valence-corrected chi connectivity index (χ3v) is 8.22. The van der Waals surface area contributed by atoms with Crippen LogP contribution in [0.25, 0.3) is 16.4 Å². The average molecular weight is 521 g/mol. The first kappa shape index (κ1) is 25.0. The number of hydrogen-bond donors (Lipinski definition) is 0. The quantitative estimate of drug-likeness (QED) is 0.373. The summed E-state index contributed by atoms with van der Waals surface area (Å²) in [7, 11) is 0. The van der Waals surface area contributed by atoms with E-state index in [2.05, 4.69) is 36.0 Å². The van der Waals surface area contributed by atoms with E-state index in [0.29, 0.717) is 17.3 Å². The van der Waals surface area contributed by atoms with Gasteiger partial charge in [-0.25, -0.2) is 13.8 Å². The van der Waals surface area contributed by atoms with Crippen molar-refractivity contribution in [3.05, 3.63) is 70.8 Å². The van der Waals surface area contributed by atoms with E-state index in [1.807, 2.05) is 27.6 Å². The molecule has 2 aliphatic rings. The molecule has 9 heteroatoms. The number of rotatable bonds is 5. The average Bonchev–Trinajstić information content (AvgIpc) is 3.28. The Kier molecular flexibility index (Phi) is 6.21. The van der Waals surface area contributed by atoms with Crippen LogP contribution in [0.3, 0.4) is 0 Å². The maximum absolute atomic E-state index is 13.7. The van der Waals surface area contributed by atoms with Crippen LogP contribution in [0.4, 0.5) is 14.5 Å². The molecule has 0 aliphatic carbocycles. The lowest BCUT2D eigenvalue weighted by atomic mass is 9.82. The maximum atomic E-state index is 13.7. The van der Waals surface area contributed by atoms with Gasteiger partial charge in [-0.05, 0) is 49.0 Å². The number of pyridine rings is 3. The Bertz CT molecular complexity index is 1520. The highest BCUT2D eigenvalue weighted by atomic mass is 19.3. The van der Waals surface area contributed by atoms with Gasteiger partial charge >= 0.3 is 0 Å². The van der Waals surface area contributed by atoms with Crippen LogP contribution in [-0.4, -0.2) is 55.9 Å². The molecule has 4 aromatic heterocycles. The molecule has 0 N–H and O–H groups in total. The predicted molar refractivity (Wildman–Crippen MR) is 145 cm³/mol. The highest BCUT2D eigenvalue weighted by molar-refractivity contribution is 5.92. The number of aromatic nitrogens is 4. The summed E-state index contributed by atoms with van der Waals surface area (Å²) in [4.78, 5) is 26.8. The lowest BCUT2D eigenvalue weighted by Gasteiger charge is -2.36. The highest BCUT2D eigenvalue weighted by Gasteiger charge is 2.34. The third kappa shape index (κ3) is 5.04. The minimum absolute atomic E-state index is 0.162. The maximum Gasteiger partial charge on any atom is 0.260 e. The van der Waals surface area contributed by atoms with Crippen LogP contribution in [0.15, 0.2) is 54.0 Å². The zero-order valence-electron chi connectivity index (χ0n) is 22.0. The van der Waals surface area contributed by atoms with Crippen molar-refractivity contribution in [2.24, 2.45) is 5.41 Å². The second kappa shape index (κ2) is 9.45. The van der Waals surface area contributed by atoms with Gasteiger partial charge in [0, 0.05) is 62.6 Å². The number of piperidine rings is 2. The Labute approximate surface area is 220 Å². The highest BCUT2D eigenvalue weighted by Crippen LogP contribution is 2.33. The fourth-order valence-corrected chi connectivity index (χ4v) is 5.65. The summed E-state index contributed by atoms with van der Waals surface area (Å²) in [5, 5.41) is 1.23. The number of likely N-dealkylation sites (tertiary alicyclic amines) is 1. The summed E-state index contributed by atoms with van der Waals surface area (Å²) >= 11 is 0. The van der Waals surface area contributed by atoms with E-state index in [1.54, 1.807) is 23.2 Å². The van der Waals surface area contributed by atoms with Crippen molar-refractivity contribution in [1.82, 2.24) is 23.8 Å². The molecule has 0 amide bonds. The molecule has 7 nitrogen and oxygen atoms in total. The molecule has 0 bridgehead atoms. The van der Waals surface area contributed by atoms with Crippen LogP contribution in [0, 0.1) is 5.41 Å². The number of alkyl halides is 2. The van der Waals surface area contributed by atoms with Gasteiger partial charge in [-0.3, -0.25) is 14.7 Å². The van der Waals surface area contributed by atoms with Crippen molar-refractivity contribution in [3.63, 3.8) is 0 Å². The first-order valence-corrected chi connectivity index (χ1v) is 13.4. The van der Waals surface area contributed by atoms with Gasteiger partial charge in [0.1, 0.15) is 5.65 Å². The SMILES string of the molecule is CC1(C)CCN(Cc2ccc3nc(Cn4ccc5c(N6CCC(F)(F)CC6)cncc5c4=O)cn3c2)CC1. The van der Waals surface area contributed by atoms with Gasteiger partial charge in [0.15, 0.2) is 0 Å². The number of halogens is 2. The Morgan fingerprint density at radius 2 is 1.66 bits per heavy atom. The molecule has 0 aromatic carbocycles. The topological polar surface area (TPSA) is 58.7 Å². The lowest BCUT2D eigenvalue weighted by Crippen LogP contribution is -2.39. The van der Waals surface area contributed by atoms with E-state index in [1.165, 1.54) is 18.4 Å². The zero-order chi connectivity index (χ0) is 26.5. The number of anilines is 1. The Morgan fingerprint density at radius 1 is 0.895 bits per heavy atom. The van der Waals surface area contributed by atoms with E-state index in [-0.39, 0.29) is 31.5 Å². The second-order valence-corrected chi connectivity index (χ2v) is 11.7. The van der Waals surface area contributed by atoms with Crippen molar-refractivity contribution >= 4 is 22.1 Å². The van der Waals surface area contributed by atoms with Gasteiger partial charge in [-0.2, -0.15) is 0 Å². The van der Waals surface area contributed by atoms with Crippen molar-refractivity contribution in [3.8, 4) is 0 Å². The first-order valence-electron chi connectivity index (χ1n) is 13.4. The lowest BCUT2D eigenvalue weighted by molar-refractivity contribution is -0.0220. The molecule has 2 saturated heterocycles. The van der Waals surface area contributed by atoms with E-state index in [0.717, 1.165) is 42.0 Å². The van der Waals surface area contributed by atoms with Crippen molar-refractivity contribution in [2.45, 2.75) is 58.5 Å². The van der Waals surface area contributed by atoms with E-state index in [9.17, 15) is 13.6 Å². The van der Waals surface area contributed by atoms with E-state index < -0.39 is 5.92 Å². The summed E-state index contributed by atoms with van der Waals surface area (Å²) in [5.41, 5.74) is 3.90. The smallest absolute Gasteiger partial charge is 0.260 e. The molecule has 0 saturated carbocycles. The molecule has 0 unspecified atom stereocenters. The Morgan fingerprint density at radius 3 is 2.42 bits per heavy atom. The van der Waals surface area contributed by atoms with Crippen LogP contribution in [-0.2, 0) is 13.1 Å². The molecule has 4 aromatic rings. The molecular formula is C29H34F2N6O. The van der Waals surface area contributed by atoms with Gasteiger partial charge in [-0.15, -0.1) is 0 Å². The van der Waals surface area contributed by atoms with Crippen LogP contribution in [0.1, 0.15) is 50.8 Å². The number of fused-ring (bicyclic) bond motifs is 2. The van der Waals surface area contributed by atoms with Gasteiger partial charge in [-0.1, -0.05) is 19.9 Å². The van der Waals surface area contributed by atoms with Gasteiger partial charge < -0.3 is 13.9 Å². The molecule has 0 radical (unpaired) electrons. The minimum Gasteiger partial charge on any atom is -0.369 e. The van der Waals surface area contributed by atoms with Gasteiger partial charge in [0.05, 0.1) is 29.5 Å². The number of imidazole rings is 1. The Balaban J connectivity index is 1.21. The largest absolute Gasteiger partial charge is 0.369 e. The van der Waals surface area contributed by atoms with Crippen LogP contribution < -0.4 is 10.5 Å². The summed E-state index contributed by atoms with van der Waals surface area (Å²) < 4.78 is 31.0. The Hall–Kier alpha value is -3.33. The van der Waals surface area contributed by atoms with Gasteiger partial charge in [0.25, 0.3) is 11.5 Å². The van der Waals surface area contributed by atoms with Crippen molar-refractivity contribution < 1.29 is 8.78 Å². The molecule has 6 heterocycles. The van der Waals surface area contributed by atoms with E-state index >= 15 is 0 Å². The second-order valence-electron chi connectivity index (χ2n) is 11.7. The third-order valence-electron chi connectivity index (χ3n) is 8.22. The number of nitrogens with zero attached hydrogens (tertiary/aromatic N) is 6. The molecule has 0 atom stereocenters. The molecular weight excluding hydrogens is 486 g/mol. The molecule has 2 fully saturated rings. The minimum atomic E-state index is -2.62. The summed E-state index contributed by atoms with van der Waals surface area (Å²) in [6.07, 6.45) is 11.2. The zero-order valence-corrected chi connectivity index (χ0v) is 22.0. The van der Waals surface area contributed by atoms with E-state index in [4.69, 9.17) is 4.98 Å². The molecule has 200 valence electrons. The predicted octanol–water partition coefficient (Wildman–Crippen LogP) is 4.95. The molecule has 2 aliphatic heterocycles. The first-order chi connectivity index (χ1) is 18.2. The van der Waals surface area contributed by atoms with Crippen molar-refractivity contribution in [1.29, 1.82) is 0 Å². The summed E-state index contributed by atoms with van der Waals surface area (Å²) in [5.74, 6) is -2.62. The van der Waals surface area contributed by atoms with Crippen LogP contribution >= 0.6 is 0 Å². The molecule has 38 heavy (non-hydrogen) atoms.